The Morgan fingerprint density at radius 3 is 2.20 bits per heavy atom. The lowest BCUT2D eigenvalue weighted by Crippen LogP contribution is -2.14. The molecule has 0 aliphatic carbocycles. The number of rotatable bonds is 10. The normalized spacial score (nSPS) is 11.4. The van der Waals surface area contributed by atoms with E-state index in [0.717, 1.165) is 31.8 Å². The van der Waals surface area contributed by atoms with Crippen LogP contribution in [0, 0.1) is 12.7 Å². The number of sulfone groups is 1. The number of aryl methyl sites for hydroxylation is 1. The Morgan fingerprint density at radius 1 is 0.800 bits per heavy atom. The number of halogens is 1. The summed E-state index contributed by atoms with van der Waals surface area (Å²) in [7, 11) is -0.406. The predicted molar refractivity (Wildman–Crippen MR) is 156 cm³/mol. The van der Waals surface area contributed by atoms with Gasteiger partial charge in [-0.1, -0.05) is 23.8 Å². The summed E-state index contributed by atoms with van der Waals surface area (Å²) in [6.07, 6.45) is 0. The predicted octanol–water partition coefficient (Wildman–Crippen LogP) is 7.68. The standard InChI is InChI=1S/C31H27FO6S2/c1-20-4-12-25(13-5-20)40(33,34)17-16-37-22-7-9-23(10-8-22)38-30-26-14-11-24(35-2)19-29(26)39-31(30)21-6-15-27(32)28(18-21)36-3/h4-15,18-19H,16-17H2,1-3H3. The maximum absolute atomic E-state index is 14.1. The summed E-state index contributed by atoms with van der Waals surface area (Å²) in [5.74, 6) is 1.98. The summed E-state index contributed by atoms with van der Waals surface area (Å²) in [5, 5.41) is 0.880. The van der Waals surface area contributed by atoms with Crippen molar-refractivity contribution in [2.45, 2.75) is 11.8 Å². The van der Waals surface area contributed by atoms with Gasteiger partial charge in [-0.2, -0.15) is 0 Å². The molecule has 0 saturated heterocycles. The molecule has 5 rings (SSSR count). The summed E-state index contributed by atoms with van der Waals surface area (Å²) in [5.41, 5.74) is 1.75. The quantitative estimate of drug-likeness (QED) is 0.169. The third-order valence-electron chi connectivity index (χ3n) is 6.31. The highest BCUT2D eigenvalue weighted by atomic mass is 32.2. The topological polar surface area (TPSA) is 71.1 Å². The minimum absolute atomic E-state index is 0.0178. The van der Waals surface area contributed by atoms with Gasteiger partial charge in [0.2, 0.25) is 0 Å². The van der Waals surface area contributed by atoms with Gasteiger partial charge in [-0.3, -0.25) is 0 Å². The number of thiophene rings is 1. The van der Waals surface area contributed by atoms with Crippen molar-refractivity contribution in [3.05, 3.63) is 96.3 Å². The highest BCUT2D eigenvalue weighted by Crippen LogP contribution is 2.48. The molecule has 9 heteroatoms. The van der Waals surface area contributed by atoms with Crippen molar-refractivity contribution in [1.82, 2.24) is 0 Å². The summed E-state index contributed by atoms with van der Waals surface area (Å²) < 4.78 is 62.9. The monoisotopic (exact) mass is 578 g/mol. The fourth-order valence-corrected chi connectivity index (χ4v) is 6.37. The first kappa shape index (κ1) is 27.5. The van der Waals surface area contributed by atoms with Gasteiger partial charge in [0.05, 0.1) is 29.7 Å². The molecule has 0 fully saturated rings. The smallest absolute Gasteiger partial charge is 0.181 e. The molecule has 0 amide bonds. The maximum Gasteiger partial charge on any atom is 0.181 e. The molecule has 0 aliphatic rings. The third-order valence-corrected chi connectivity index (χ3v) is 9.19. The largest absolute Gasteiger partial charge is 0.497 e. The first-order chi connectivity index (χ1) is 19.3. The molecule has 206 valence electrons. The first-order valence-corrected chi connectivity index (χ1v) is 14.9. The van der Waals surface area contributed by atoms with Crippen LogP contribution in [0.3, 0.4) is 0 Å². The van der Waals surface area contributed by atoms with Crippen molar-refractivity contribution >= 4 is 31.3 Å². The number of fused-ring (bicyclic) bond motifs is 1. The minimum Gasteiger partial charge on any atom is -0.497 e. The van der Waals surface area contributed by atoms with Crippen LogP contribution in [0.15, 0.2) is 89.8 Å². The second kappa shape index (κ2) is 11.6. The molecular weight excluding hydrogens is 551 g/mol. The maximum atomic E-state index is 14.1. The van der Waals surface area contributed by atoms with Crippen LogP contribution in [-0.4, -0.2) is 35.0 Å². The Hall–Kier alpha value is -4.08. The van der Waals surface area contributed by atoms with Gasteiger partial charge in [0.1, 0.15) is 23.9 Å². The highest BCUT2D eigenvalue weighted by molar-refractivity contribution is 7.91. The molecule has 0 atom stereocenters. The van der Waals surface area contributed by atoms with Crippen LogP contribution in [0.5, 0.6) is 28.7 Å². The molecule has 0 aliphatic heterocycles. The van der Waals surface area contributed by atoms with Crippen molar-refractivity contribution in [3.8, 4) is 39.2 Å². The van der Waals surface area contributed by atoms with Crippen LogP contribution in [0.4, 0.5) is 4.39 Å². The Bertz CT molecular complexity index is 1740. The second-order valence-corrected chi connectivity index (χ2v) is 12.2. The molecule has 0 saturated carbocycles. The van der Waals surface area contributed by atoms with E-state index in [0.29, 0.717) is 17.2 Å². The van der Waals surface area contributed by atoms with Crippen LogP contribution >= 0.6 is 11.3 Å². The molecule has 1 heterocycles. The first-order valence-electron chi connectivity index (χ1n) is 12.4. The SMILES string of the molecule is COc1ccc2c(Oc3ccc(OCCS(=O)(=O)c4ccc(C)cc4)cc3)c(-c3ccc(F)c(OC)c3)sc2c1. The van der Waals surface area contributed by atoms with E-state index in [1.165, 1.54) is 24.5 Å². The summed E-state index contributed by atoms with van der Waals surface area (Å²) >= 11 is 1.50. The molecule has 0 spiro atoms. The van der Waals surface area contributed by atoms with Gasteiger partial charge in [0.15, 0.2) is 27.2 Å². The van der Waals surface area contributed by atoms with E-state index in [1.54, 1.807) is 67.8 Å². The summed E-state index contributed by atoms with van der Waals surface area (Å²) in [6, 6.07) is 24.2. The Morgan fingerprint density at radius 2 is 1.50 bits per heavy atom. The van der Waals surface area contributed by atoms with Crippen LogP contribution in [0.25, 0.3) is 20.5 Å². The van der Waals surface area contributed by atoms with Crippen LogP contribution < -0.4 is 18.9 Å². The summed E-state index contributed by atoms with van der Waals surface area (Å²) in [4.78, 5) is 1.09. The van der Waals surface area contributed by atoms with Crippen LogP contribution in [0.1, 0.15) is 5.56 Å². The average molecular weight is 579 g/mol. The summed E-state index contributed by atoms with van der Waals surface area (Å²) in [6.45, 7) is 1.93. The average Bonchev–Trinajstić information content (AvgIpc) is 3.31. The van der Waals surface area contributed by atoms with Gasteiger partial charge in [0.25, 0.3) is 0 Å². The van der Waals surface area contributed by atoms with Gasteiger partial charge in [0, 0.05) is 10.1 Å². The van der Waals surface area contributed by atoms with E-state index < -0.39 is 15.7 Å². The molecule has 1 aromatic heterocycles. The van der Waals surface area contributed by atoms with Gasteiger partial charge in [-0.25, -0.2) is 12.8 Å². The third kappa shape index (κ3) is 5.90. The van der Waals surface area contributed by atoms with E-state index in [2.05, 4.69) is 0 Å². The zero-order chi connectivity index (χ0) is 28.3. The molecule has 5 aromatic rings. The number of methoxy groups -OCH3 is 2. The van der Waals surface area contributed by atoms with E-state index in [4.69, 9.17) is 18.9 Å². The van der Waals surface area contributed by atoms with E-state index in [9.17, 15) is 12.8 Å². The molecule has 6 nitrogen and oxygen atoms in total. The van der Waals surface area contributed by atoms with Crippen molar-refractivity contribution in [2.75, 3.05) is 26.6 Å². The number of ether oxygens (including phenoxy) is 4. The van der Waals surface area contributed by atoms with Crippen molar-refractivity contribution in [1.29, 1.82) is 0 Å². The zero-order valence-electron chi connectivity index (χ0n) is 22.1. The second-order valence-electron chi connectivity index (χ2n) is 9.03. The van der Waals surface area contributed by atoms with Crippen molar-refractivity contribution in [3.63, 3.8) is 0 Å². The van der Waals surface area contributed by atoms with Crippen molar-refractivity contribution in [2.24, 2.45) is 0 Å². The molecule has 0 unspecified atom stereocenters. The fraction of sp³-hybridized carbons (Fsp3) is 0.161. The molecule has 0 N–H and O–H groups in total. The lowest BCUT2D eigenvalue weighted by atomic mass is 10.1. The van der Waals surface area contributed by atoms with Crippen molar-refractivity contribution < 1.29 is 31.8 Å². The van der Waals surface area contributed by atoms with E-state index >= 15 is 0 Å². The lowest BCUT2D eigenvalue weighted by molar-refractivity contribution is 0.340. The highest BCUT2D eigenvalue weighted by Gasteiger charge is 2.19. The molecule has 4 aromatic carbocycles. The lowest BCUT2D eigenvalue weighted by Gasteiger charge is -2.11. The Labute approximate surface area is 236 Å². The molecule has 0 radical (unpaired) electrons. The number of hydrogen-bond donors (Lipinski definition) is 0. The minimum atomic E-state index is -3.44. The van der Waals surface area contributed by atoms with E-state index in [1.807, 2.05) is 25.1 Å². The molecular formula is C31H27FO6S2. The Balaban J connectivity index is 1.36. The number of benzene rings is 4. The van der Waals surface area contributed by atoms with E-state index in [-0.39, 0.29) is 23.0 Å². The van der Waals surface area contributed by atoms with Gasteiger partial charge in [-0.05, 0) is 79.2 Å². The van der Waals surface area contributed by atoms with Gasteiger partial charge >= 0.3 is 0 Å². The van der Waals surface area contributed by atoms with Crippen LogP contribution in [-0.2, 0) is 9.84 Å². The molecule has 40 heavy (non-hydrogen) atoms. The zero-order valence-corrected chi connectivity index (χ0v) is 23.8. The molecule has 0 bridgehead atoms. The fourth-order valence-electron chi connectivity index (χ4n) is 4.13. The van der Waals surface area contributed by atoms with Gasteiger partial charge in [-0.15, -0.1) is 11.3 Å². The van der Waals surface area contributed by atoms with Crippen LogP contribution in [0.2, 0.25) is 0 Å². The van der Waals surface area contributed by atoms with Gasteiger partial charge < -0.3 is 18.9 Å². The Kier molecular flexibility index (Phi) is 7.95. The number of hydrogen-bond acceptors (Lipinski definition) is 7.